The van der Waals surface area contributed by atoms with E-state index in [0.717, 1.165) is 6.07 Å². The Labute approximate surface area is 118 Å². The van der Waals surface area contributed by atoms with Gasteiger partial charge < -0.3 is 0 Å². The summed E-state index contributed by atoms with van der Waals surface area (Å²) in [5, 5.41) is 0. The normalized spacial score (nSPS) is 12.8. The first-order valence-corrected chi connectivity index (χ1v) is 7.95. The van der Waals surface area contributed by atoms with Crippen molar-refractivity contribution >= 4 is 30.6 Å². The van der Waals surface area contributed by atoms with Crippen LogP contribution in [0.5, 0.6) is 0 Å². The van der Waals surface area contributed by atoms with Gasteiger partial charge in [-0.3, -0.25) is 0 Å². The number of benzene rings is 1. The molecule has 1 aromatic carbocycles. The number of hydrogen-bond donors (Lipinski definition) is 0. The van der Waals surface area contributed by atoms with Gasteiger partial charge in [0.2, 0.25) is 6.79 Å². The molecule has 5 nitrogen and oxygen atoms in total. The van der Waals surface area contributed by atoms with Crippen LogP contribution in [0, 0.1) is 6.92 Å². The fourth-order valence-corrected chi connectivity index (χ4v) is 3.66. The van der Waals surface area contributed by atoms with E-state index in [9.17, 15) is 26.2 Å². The van der Waals surface area contributed by atoms with Crippen molar-refractivity contribution in [2.75, 3.05) is 6.79 Å². The molecule has 0 fully saturated rings. The van der Waals surface area contributed by atoms with Gasteiger partial charge in [0.25, 0.3) is 0 Å². The highest BCUT2D eigenvalue weighted by molar-refractivity contribution is 8.00. The second kappa shape index (κ2) is 6.86. The molecule has 0 N–H and O–H groups in total. The summed E-state index contributed by atoms with van der Waals surface area (Å²) in [4.78, 5) is -1.08. The third-order valence-electron chi connectivity index (χ3n) is 1.97. The maximum absolute atomic E-state index is 12.4. The zero-order valence-electron chi connectivity index (χ0n) is 9.93. The monoisotopic (exact) mass is 349 g/mol. The van der Waals surface area contributed by atoms with E-state index in [1.165, 1.54) is 19.1 Å². The summed E-state index contributed by atoms with van der Waals surface area (Å²) < 4.78 is 79.6. The molecule has 0 saturated carbocycles. The summed E-state index contributed by atoms with van der Waals surface area (Å²) in [7, 11) is -5.68. The number of thioether (sulfide) groups is 1. The molecule has 20 heavy (non-hydrogen) atoms. The molecule has 11 heteroatoms. The van der Waals surface area contributed by atoms with Crippen LogP contribution in [-0.2, 0) is 23.4 Å². The number of hydrogen-bond acceptors (Lipinski definition) is 6. The Hall–Kier alpha value is -0.670. The SMILES string of the molecule is Cc1cccc(SC(F)(F)F)c1S(=O)(=O)OCO[PH+]=O. The summed E-state index contributed by atoms with van der Waals surface area (Å²) in [6.45, 7) is 0.502. The van der Waals surface area contributed by atoms with Crippen LogP contribution >= 0.6 is 20.4 Å². The quantitative estimate of drug-likeness (QED) is 0.258. The molecule has 0 aliphatic heterocycles. The Morgan fingerprint density at radius 1 is 1.35 bits per heavy atom. The van der Waals surface area contributed by atoms with Crippen LogP contribution in [0.2, 0.25) is 0 Å². The van der Waals surface area contributed by atoms with Gasteiger partial charge in [-0.15, -0.1) is 4.52 Å². The first kappa shape index (κ1) is 17.4. The van der Waals surface area contributed by atoms with Crippen molar-refractivity contribution in [3.8, 4) is 0 Å². The standard InChI is InChI=1S/C9H9F3O5PS2/c1-6-3-2-4-7(19-9(10,11)12)8(6)20(14,15)17-5-16-18-13/h2-4,18H,5H2,1H3/q+1. The highest BCUT2D eigenvalue weighted by Crippen LogP contribution is 2.41. The molecule has 0 radical (unpaired) electrons. The molecule has 0 spiro atoms. The van der Waals surface area contributed by atoms with Gasteiger partial charge in [-0.2, -0.15) is 21.6 Å². The zero-order valence-corrected chi connectivity index (χ0v) is 12.6. The molecular weight excluding hydrogens is 340 g/mol. The van der Waals surface area contributed by atoms with E-state index in [1.54, 1.807) is 0 Å². The van der Waals surface area contributed by atoms with Crippen LogP contribution in [0.25, 0.3) is 0 Å². The van der Waals surface area contributed by atoms with Gasteiger partial charge in [0.1, 0.15) is 4.90 Å². The summed E-state index contributed by atoms with van der Waals surface area (Å²) in [6, 6.07) is 3.67. The lowest BCUT2D eigenvalue weighted by atomic mass is 10.2. The third kappa shape index (κ3) is 5.02. The van der Waals surface area contributed by atoms with Crippen molar-refractivity contribution in [1.82, 2.24) is 0 Å². The van der Waals surface area contributed by atoms with Crippen LogP contribution in [0.1, 0.15) is 5.56 Å². The second-order valence-electron chi connectivity index (χ2n) is 3.37. The minimum Gasteiger partial charge on any atom is -0.232 e. The summed E-state index contributed by atoms with van der Waals surface area (Å²) in [5.41, 5.74) is -4.53. The molecule has 1 aromatic rings. The molecule has 0 aliphatic rings. The van der Waals surface area contributed by atoms with Crippen molar-refractivity contribution in [2.45, 2.75) is 22.2 Å². The molecule has 0 amide bonds. The van der Waals surface area contributed by atoms with E-state index in [1.807, 2.05) is 0 Å². The minimum absolute atomic E-state index is 0.101. The van der Waals surface area contributed by atoms with Crippen molar-refractivity contribution in [2.24, 2.45) is 0 Å². The van der Waals surface area contributed by atoms with Crippen molar-refractivity contribution in [3.63, 3.8) is 0 Å². The molecule has 0 aliphatic carbocycles. The Morgan fingerprint density at radius 2 is 2.00 bits per heavy atom. The number of aryl methyl sites for hydroxylation is 1. The Kier molecular flexibility index (Phi) is 5.96. The van der Waals surface area contributed by atoms with Gasteiger partial charge in [0.15, 0.2) is 0 Å². The van der Waals surface area contributed by atoms with E-state index < -0.39 is 52.7 Å². The maximum atomic E-state index is 12.4. The van der Waals surface area contributed by atoms with Gasteiger partial charge in [0, 0.05) is 4.90 Å². The van der Waals surface area contributed by atoms with Crippen LogP contribution < -0.4 is 0 Å². The van der Waals surface area contributed by atoms with Crippen molar-refractivity contribution in [1.29, 1.82) is 0 Å². The topological polar surface area (TPSA) is 69.7 Å². The van der Waals surface area contributed by atoms with Crippen LogP contribution in [0.15, 0.2) is 28.0 Å². The number of rotatable bonds is 6. The zero-order chi connectivity index (χ0) is 15.4. The van der Waals surface area contributed by atoms with Crippen molar-refractivity contribution < 1.29 is 34.9 Å². The van der Waals surface area contributed by atoms with Gasteiger partial charge in [-0.1, -0.05) is 12.1 Å². The van der Waals surface area contributed by atoms with Gasteiger partial charge >= 0.3 is 24.3 Å². The lowest BCUT2D eigenvalue weighted by Crippen LogP contribution is -2.12. The summed E-state index contributed by atoms with van der Waals surface area (Å²) in [6.07, 6.45) is 0. The Bertz CT molecular complexity index is 588. The second-order valence-corrected chi connectivity index (χ2v) is 6.48. The molecular formula is C9H9F3O5PS2+. The number of halogens is 3. The van der Waals surface area contributed by atoms with E-state index in [0.29, 0.717) is 0 Å². The fraction of sp³-hybridized carbons (Fsp3) is 0.333. The molecule has 0 bridgehead atoms. The molecule has 0 heterocycles. The number of alkyl halides is 3. The molecule has 1 atom stereocenters. The lowest BCUT2D eigenvalue weighted by Gasteiger charge is -2.13. The van der Waals surface area contributed by atoms with Gasteiger partial charge in [-0.25, -0.2) is 4.18 Å². The van der Waals surface area contributed by atoms with Crippen LogP contribution in [0.3, 0.4) is 0 Å². The lowest BCUT2D eigenvalue weighted by molar-refractivity contribution is -0.0329. The maximum Gasteiger partial charge on any atom is 0.496 e. The van der Waals surface area contributed by atoms with E-state index in [4.69, 9.17) is 0 Å². The van der Waals surface area contributed by atoms with Gasteiger partial charge in [0.05, 0.1) is 0 Å². The molecule has 0 saturated heterocycles. The average Bonchev–Trinajstić information content (AvgIpc) is 2.26. The Balaban J connectivity index is 3.18. The van der Waals surface area contributed by atoms with E-state index in [2.05, 4.69) is 8.71 Å². The predicted molar refractivity (Wildman–Crippen MR) is 66.3 cm³/mol. The average molecular weight is 349 g/mol. The summed E-state index contributed by atoms with van der Waals surface area (Å²) >= 11 is -0.552. The largest absolute Gasteiger partial charge is 0.496 e. The highest BCUT2D eigenvalue weighted by atomic mass is 32.2. The van der Waals surface area contributed by atoms with Crippen molar-refractivity contribution in [3.05, 3.63) is 23.8 Å². The molecule has 112 valence electrons. The predicted octanol–water partition coefficient (Wildman–Crippen LogP) is 3.23. The summed E-state index contributed by atoms with van der Waals surface area (Å²) in [5.74, 6) is 0. The first-order chi connectivity index (χ1) is 9.17. The highest BCUT2D eigenvalue weighted by Gasteiger charge is 2.33. The van der Waals surface area contributed by atoms with Crippen LogP contribution in [-0.4, -0.2) is 20.7 Å². The molecule has 1 rings (SSSR count). The Morgan fingerprint density at radius 3 is 2.55 bits per heavy atom. The smallest absolute Gasteiger partial charge is 0.232 e. The molecule has 0 aromatic heterocycles. The molecule has 1 unspecified atom stereocenters. The van der Waals surface area contributed by atoms with Crippen LogP contribution in [0.4, 0.5) is 13.2 Å². The third-order valence-corrected chi connectivity index (χ3v) is 4.58. The van der Waals surface area contributed by atoms with E-state index in [-0.39, 0.29) is 5.56 Å². The van der Waals surface area contributed by atoms with E-state index >= 15 is 0 Å². The fourth-order valence-electron chi connectivity index (χ4n) is 1.32. The first-order valence-electron chi connectivity index (χ1n) is 4.91. The van der Waals surface area contributed by atoms with Gasteiger partial charge in [-0.05, 0) is 34.9 Å². The minimum atomic E-state index is -4.63.